The minimum atomic E-state index is -0.112. The monoisotopic (exact) mass is 267 g/mol. The van der Waals surface area contributed by atoms with Crippen LogP contribution < -0.4 is 10.1 Å². The van der Waals surface area contributed by atoms with Gasteiger partial charge in [-0.05, 0) is 13.8 Å². The van der Waals surface area contributed by atoms with Crippen LogP contribution in [-0.4, -0.2) is 36.3 Å². The summed E-state index contributed by atoms with van der Waals surface area (Å²) in [6.45, 7) is 11.3. The van der Waals surface area contributed by atoms with Crippen LogP contribution in [0.2, 0.25) is 0 Å². The van der Waals surface area contributed by atoms with Gasteiger partial charge in [0.15, 0.2) is 0 Å². The second-order valence-corrected chi connectivity index (χ2v) is 5.68. The van der Waals surface area contributed by atoms with Crippen LogP contribution in [0, 0.1) is 0 Å². The summed E-state index contributed by atoms with van der Waals surface area (Å²) in [5, 5.41) is 3.03. The second kappa shape index (κ2) is 6.70. The van der Waals surface area contributed by atoms with E-state index in [1.165, 1.54) is 0 Å². The molecule has 0 spiro atoms. The molecule has 1 aromatic rings. The van der Waals surface area contributed by atoms with Gasteiger partial charge in [-0.1, -0.05) is 20.8 Å². The van der Waals surface area contributed by atoms with Crippen LogP contribution in [0.1, 0.15) is 40.4 Å². The van der Waals surface area contributed by atoms with E-state index >= 15 is 0 Å². The van der Waals surface area contributed by atoms with Crippen molar-refractivity contribution in [3.05, 3.63) is 11.9 Å². The lowest BCUT2D eigenvalue weighted by Crippen LogP contribution is -2.18. The molecule has 0 aliphatic carbocycles. The van der Waals surface area contributed by atoms with Crippen molar-refractivity contribution >= 4 is 5.82 Å². The van der Waals surface area contributed by atoms with Crippen molar-refractivity contribution in [1.82, 2.24) is 9.97 Å². The first-order valence-electron chi connectivity index (χ1n) is 6.64. The number of anilines is 1. The summed E-state index contributed by atoms with van der Waals surface area (Å²) < 4.78 is 11.1. The first kappa shape index (κ1) is 15.7. The van der Waals surface area contributed by atoms with Crippen molar-refractivity contribution in [3.8, 4) is 5.88 Å². The van der Waals surface area contributed by atoms with Crippen molar-refractivity contribution in [2.45, 2.75) is 46.1 Å². The summed E-state index contributed by atoms with van der Waals surface area (Å²) in [4.78, 5) is 8.89. The van der Waals surface area contributed by atoms with Crippen molar-refractivity contribution < 1.29 is 9.47 Å². The number of nitrogens with zero attached hydrogens (tertiary/aromatic N) is 2. The van der Waals surface area contributed by atoms with E-state index in [1.807, 2.05) is 20.9 Å². The maximum absolute atomic E-state index is 5.62. The van der Waals surface area contributed by atoms with Gasteiger partial charge in [-0.2, -0.15) is 4.98 Å². The summed E-state index contributed by atoms with van der Waals surface area (Å²) >= 11 is 0. The zero-order valence-electron chi connectivity index (χ0n) is 12.8. The number of hydrogen-bond donors (Lipinski definition) is 1. The Bertz CT molecular complexity index is 400. The van der Waals surface area contributed by atoms with Crippen LogP contribution in [-0.2, 0) is 10.2 Å². The molecule has 0 atom stereocenters. The van der Waals surface area contributed by atoms with Gasteiger partial charge >= 0.3 is 0 Å². The molecule has 0 unspecified atom stereocenters. The maximum Gasteiger partial charge on any atom is 0.218 e. The van der Waals surface area contributed by atoms with E-state index in [0.717, 1.165) is 11.6 Å². The molecule has 108 valence electrons. The topological polar surface area (TPSA) is 56.3 Å². The number of rotatable bonds is 6. The Kier molecular flexibility index (Phi) is 5.54. The molecule has 0 saturated carbocycles. The standard InChI is InChI=1S/C14H25N3O2/c1-10(2)18-7-8-19-12-9-11(15-6)16-13(17-12)14(3,4)5/h9-10H,7-8H2,1-6H3,(H,15,16,17). The normalized spacial score (nSPS) is 11.7. The minimum absolute atomic E-state index is 0.112. The van der Waals surface area contributed by atoms with Gasteiger partial charge in [0.05, 0.1) is 12.7 Å². The van der Waals surface area contributed by atoms with Crippen LogP contribution >= 0.6 is 0 Å². The SMILES string of the molecule is CNc1cc(OCCOC(C)C)nc(C(C)(C)C)n1. The molecule has 1 heterocycles. The predicted molar refractivity (Wildman–Crippen MR) is 76.9 cm³/mol. The Morgan fingerprint density at radius 3 is 2.42 bits per heavy atom. The van der Waals surface area contributed by atoms with Crippen LogP contribution in [0.15, 0.2) is 6.07 Å². The molecule has 1 rings (SSSR count). The first-order valence-corrected chi connectivity index (χ1v) is 6.64. The summed E-state index contributed by atoms with van der Waals surface area (Å²) in [6.07, 6.45) is 0.215. The molecule has 19 heavy (non-hydrogen) atoms. The molecule has 5 heteroatoms. The fourth-order valence-electron chi connectivity index (χ4n) is 1.39. The van der Waals surface area contributed by atoms with Crippen molar-refractivity contribution in [3.63, 3.8) is 0 Å². The van der Waals surface area contributed by atoms with Crippen LogP contribution in [0.3, 0.4) is 0 Å². The Balaban J connectivity index is 2.72. The predicted octanol–water partition coefficient (Wildman–Crippen LogP) is 2.62. The summed E-state index contributed by atoms with van der Waals surface area (Å²) in [6, 6.07) is 1.80. The lowest BCUT2D eigenvalue weighted by Gasteiger charge is -2.18. The fraction of sp³-hybridized carbons (Fsp3) is 0.714. The summed E-state index contributed by atoms with van der Waals surface area (Å²) in [5.41, 5.74) is -0.112. The number of aromatic nitrogens is 2. The van der Waals surface area contributed by atoms with Crippen molar-refractivity contribution in [2.24, 2.45) is 0 Å². The third-order valence-corrected chi connectivity index (χ3v) is 2.41. The lowest BCUT2D eigenvalue weighted by molar-refractivity contribution is 0.0541. The highest BCUT2D eigenvalue weighted by atomic mass is 16.5. The Hall–Kier alpha value is -1.36. The molecule has 1 N–H and O–H groups in total. The van der Waals surface area contributed by atoms with Crippen molar-refractivity contribution in [1.29, 1.82) is 0 Å². The molecule has 0 radical (unpaired) electrons. The lowest BCUT2D eigenvalue weighted by atomic mass is 9.96. The van der Waals surface area contributed by atoms with Gasteiger partial charge in [-0.25, -0.2) is 4.98 Å². The molecule has 0 fully saturated rings. The zero-order valence-corrected chi connectivity index (χ0v) is 12.8. The van der Waals surface area contributed by atoms with Gasteiger partial charge in [0.1, 0.15) is 18.2 Å². The molecular weight excluding hydrogens is 242 g/mol. The molecule has 5 nitrogen and oxygen atoms in total. The van der Waals surface area contributed by atoms with E-state index in [0.29, 0.717) is 19.1 Å². The Morgan fingerprint density at radius 2 is 1.89 bits per heavy atom. The number of nitrogens with one attached hydrogen (secondary N) is 1. The largest absolute Gasteiger partial charge is 0.475 e. The number of ether oxygens (including phenoxy) is 2. The van der Waals surface area contributed by atoms with E-state index in [-0.39, 0.29) is 11.5 Å². The molecule has 1 aromatic heterocycles. The third-order valence-electron chi connectivity index (χ3n) is 2.41. The van der Waals surface area contributed by atoms with Gasteiger partial charge in [0.25, 0.3) is 0 Å². The van der Waals surface area contributed by atoms with E-state index in [2.05, 4.69) is 36.1 Å². The van der Waals surface area contributed by atoms with Crippen molar-refractivity contribution in [2.75, 3.05) is 25.6 Å². The molecule has 0 aliphatic heterocycles. The summed E-state index contributed by atoms with van der Waals surface area (Å²) in [7, 11) is 1.83. The van der Waals surface area contributed by atoms with E-state index < -0.39 is 0 Å². The smallest absolute Gasteiger partial charge is 0.218 e. The summed E-state index contributed by atoms with van der Waals surface area (Å²) in [5.74, 6) is 2.11. The zero-order chi connectivity index (χ0) is 14.5. The maximum atomic E-state index is 5.62. The molecular formula is C14H25N3O2. The van der Waals surface area contributed by atoms with Crippen LogP contribution in [0.5, 0.6) is 5.88 Å². The van der Waals surface area contributed by atoms with Crippen LogP contribution in [0.4, 0.5) is 5.82 Å². The van der Waals surface area contributed by atoms with Crippen LogP contribution in [0.25, 0.3) is 0 Å². The first-order chi connectivity index (χ1) is 8.82. The second-order valence-electron chi connectivity index (χ2n) is 5.68. The van der Waals surface area contributed by atoms with E-state index in [1.54, 1.807) is 6.07 Å². The molecule has 0 aromatic carbocycles. The average molecular weight is 267 g/mol. The molecule has 0 saturated heterocycles. The van der Waals surface area contributed by atoms with E-state index in [4.69, 9.17) is 9.47 Å². The average Bonchev–Trinajstić information content (AvgIpc) is 2.33. The molecule has 0 aliphatic rings. The molecule has 0 bridgehead atoms. The van der Waals surface area contributed by atoms with Gasteiger partial charge < -0.3 is 14.8 Å². The minimum Gasteiger partial charge on any atom is -0.475 e. The third kappa shape index (κ3) is 5.42. The highest BCUT2D eigenvalue weighted by Gasteiger charge is 2.19. The Morgan fingerprint density at radius 1 is 1.21 bits per heavy atom. The molecule has 0 amide bonds. The van der Waals surface area contributed by atoms with Gasteiger partial charge in [-0.15, -0.1) is 0 Å². The quantitative estimate of drug-likeness (QED) is 0.803. The fourth-order valence-corrected chi connectivity index (χ4v) is 1.39. The highest BCUT2D eigenvalue weighted by molar-refractivity contribution is 5.38. The van der Waals surface area contributed by atoms with Gasteiger partial charge in [0.2, 0.25) is 5.88 Å². The van der Waals surface area contributed by atoms with Gasteiger partial charge in [0, 0.05) is 18.5 Å². The number of hydrogen-bond acceptors (Lipinski definition) is 5. The van der Waals surface area contributed by atoms with Gasteiger partial charge in [-0.3, -0.25) is 0 Å². The highest BCUT2D eigenvalue weighted by Crippen LogP contribution is 2.23. The van der Waals surface area contributed by atoms with E-state index in [9.17, 15) is 0 Å². The Labute approximate surface area is 115 Å².